The number of benzene rings is 1. The van der Waals surface area contributed by atoms with E-state index in [0.717, 1.165) is 29.5 Å². The zero-order chi connectivity index (χ0) is 12.4. The van der Waals surface area contributed by atoms with Crippen molar-refractivity contribution in [2.75, 3.05) is 13.1 Å². The SMILES string of the molecule is O=C(c1ccc(I)c(O)c1)N1CCCC(Br)C1. The van der Waals surface area contributed by atoms with Gasteiger partial charge < -0.3 is 10.0 Å². The van der Waals surface area contributed by atoms with Crippen LogP contribution < -0.4 is 0 Å². The Kier molecular flexibility index (Phi) is 4.30. The average molecular weight is 410 g/mol. The maximum absolute atomic E-state index is 12.2. The van der Waals surface area contributed by atoms with Gasteiger partial charge in [0.05, 0.1) is 3.57 Å². The predicted molar refractivity (Wildman–Crippen MR) is 78.7 cm³/mol. The van der Waals surface area contributed by atoms with E-state index >= 15 is 0 Å². The largest absolute Gasteiger partial charge is 0.507 e. The molecule has 0 saturated carbocycles. The molecule has 1 aliphatic heterocycles. The maximum Gasteiger partial charge on any atom is 0.254 e. The fourth-order valence-corrected chi connectivity index (χ4v) is 2.95. The van der Waals surface area contributed by atoms with Crippen molar-refractivity contribution in [1.82, 2.24) is 4.90 Å². The maximum atomic E-state index is 12.2. The van der Waals surface area contributed by atoms with Crippen molar-refractivity contribution in [2.24, 2.45) is 0 Å². The van der Waals surface area contributed by atoms with Gasteiger partial charge in [0, 0.05) is 23.5 Å². The summed E-state index contributed by atoms with van der Waals surface area (Å²) in [6, 6.07) is 5.07. The van der Waals surface area contributed by atoms with Crippen LogP contribution in [0.1, 0.15) is 23.2 Å². The number of carbonyl (C=O) groups is 1. The number of phenolic OH excluding ortho intramolecular Hbond substituents is 1. The molecule has 1 heterocycles. The molecule has 0 aliphatic carbocycles. The van der Waals surface area contributed by atoms with Gasteiger partial charge in [-0.1, -0.05) is 15.9 Å². The molecule has 17 heavy (non-hydrogen) atoms. The first-order valence-corrected chi connectivity index (χ1v) is 7.49. The van der Waals surface area contributed by atoms with Crippen LogP contribution in [0.4, 0.5) is 0 Å². The first-order chi connectivity index (χ1) is 8.08. The lowest BCUT2D eigenvalue weighted by atomic mass is 10.1. The Bertz CT molecular complexity index is 439. The third kappa shape index (κ3) is 3.13. The summed E-state index contributed by atoms with van der Waals surface area (Å²) in [6.07, 6.45) is 2.14. The molecule has 1 amide bonds. The van der Waals surface area contributed by atoms with Gasteiger partial charge in [0.2, 0.25) is 0 Å². The molecule has 1 saturated heterocycles. The molecule has 1 aliphatic rings. The topological polar surface area (TPSA) is 40.5 Å². The molecule has 92 valence electrons. The van der Waals surface area contributed by atoms with E-state index in [2.05, 4.69) is 15.9 Å². The van der Waals surface area contributed by atoms with Gasteiger partial charge in [-0.2, -0.15) is 0 Å². The van der Waals surface area contributed by atoms with Gasteiger partial charge in [-0.05, 0) is 53.6 Å². The van der Waals surface area contributed by atoms with Crippen molar-refractivity contribution < 1.29 is 9.90 Å². The summed E-state index contributed by atoms with van der Waals surface area (Å²) in [5, 5.41) is 9.61. The summed E-state index contributed by atoms with van der Waals surface area (Å²) in [5.41, 5.74) is 0.560. The van der Waals surface area contributed by atoms with Crippen molar-refractivity contribution in [2.45, 2.75) is 17.7 Å². The minimum atomic E-state index is 0.000787. The van der Waals surface area contributed by atoms with Gasteiger partial charge >= 0.3 is 0 Å². The van der Waals surface area contributed by atoms with Gasteiger partial charge in [0.25, 0.3) is 5.91 Å². The summed E-state index contributed by atoms with van der Waals surface area (Å²) in [5.74, 6) is 0.171. The number of aromatic hydroxyl groups is 1. The predicted octanol–water partition coefficient (Wildman–Crippen LogP) is 3.00. The van der Waals surface area contributed by atoms with Crippen LogP contribution in [0, 0.1) is 3.57 Å². The number of hydrogen-bond acceptors (Lipinski definition) is 2. The number of piperidine rings is 1. The highest BCUT2D eigenvalue weighted by atomic mass is 127. The van der Waals surface area contributed by atoms with Crippen molar-refractivity contribution in [3.05, 3.63) is 27.3 Å². The molecule has 1 unspecified atom stereocenters. The molecule has 0 aromatic heterocycles. The van der Waals surface area contributed by atoms with Crippen molar-refractivity contribution in [3.63, 3.8) is 0 Å². The molecule has 3 nitrogen and oxygen atoms in total. The fourth-order valence-electron chi connectivity index (χ4n) is 1.94. The molecule has 2 rings (SSSR count). The van der Waals surface area contributed by atoms with E-state index in [0.29, 0.717) is 10.4 Å². The van der Waals surface area contributed by atoms with Gasteiger partial charge in [0.15, 0.2) is 0 Å². The van der Waals surface area contributed by atoms with Crippen LogP contribution in [0.5, 0.6) is 5.75 Å². The molecule has 1 N–H and O–H groups in total. The number of amides is 1. The van der Waals surface area contributed by atoms with Crippen LogP contribution in [0.25, 0.3) is 0 Å². The van der Waals surface area contributed by atoms with Crippen molar-refractivity contribution >= 4 is 44.4 Å². The molecular formula is C12H13BrINO2. The fraction of sp³-hybridized carbons (Fsp3) is 0.417. The zero-order valence-corrected chi connectivity index (χ0v) is 12.9. The van der Waals surface area contributed by atoms with Crippen molar-refractivity contribution in [3.8, 4) is 5.75 Å². The molecule has 1 aromatic rings. The van der Waals surface area contributed by atoms with Crippen LogP contribution in [0.3, 0.4) is 0 Å². The second-order valence-electron chi connectivity index (χ2n) is 4.16. The number of carbonyl (C=O) groups excluding carboxylic acids is 1. The molecular weight excluding hydrogens is 397 g/mol. The van der Waals surface area contributed by atoms with Gasteiger partial charge in [0.1, 0.15) is 5.75 Å². The van der Waals surface area contributed by atoms with Crippen LogP contribution >= 0.6 is 38.5 Å². The molecule has 1 atom stereocenters. The Balaban J connectivity index is 2.15. The Morgan fingerprint density at radius 1 is 1.53 bits per heavy atom. The third-order valence-electron chi connectivity index (χ3n) is 2.84. The van der Waals surface area contributed by atoms with E-state index in [1.165, 1.54) is 0 Å². The number of hydrogen-bond donors (Lipinski definition) is 1. The average Bonchev–Trinajstić information content (AvgIpc) is 2.32. The minimum Gasteiger partial charge on any atom is -0.507 e. The quantitative estimate of drug-likeness (QED) is 0.572. The smallest absolute Gasteiger partial charge is 0.254 e. The highest BCUT2D eigenvalue weighted by Gasteiger charge is 2.23. The second-order valence-corrected chi connectivity index (χ2v) is 6.61. The van der Waals surface area contributed by atoms with E-state index in [4.69, 9.17) is 0 Å². The van der Waals surface area contributed by atoms with E-state index in [1.807, 2.05) is 27.5 Å². The molecule has 0 radical (unpaired) electrons. The summed E-state index contributed by atoms with van der Waals surface area (Å²) in [7, 11) is 0. The number of nitrogens with zero attached hydrogens (tertiary/aromatic N) is 1. The van der Waals surface area contributed by atoms with E-state index < -0.39 is 0 Å². The molecule has 1 aromatic carbocycles. The lowest BCUT2D eigenvalue weighted by molar-refractivity contribution is 0.0729. The van der Waals surface area contributed by atoms with Crippen molar-refractivity contribution in [1.29, 1.82) is 0 Å². The zero-order valence-electron chi connectivity index (χ0n) is 9.20. The highest BCUT2D eigenvalue weighted by Crippen LogP contribution is 2.23. The van der Waals surface area contributed by atoms with E-state index in [-0.39, 0.29) is 11.7 Å². The van der Waals surface area contributed by atoms with Gasteiger partial charge in [-0.3, -0.25) is 4.79 Å². The monoisotopic (exact) mass is 409 g/mol. The normalized spacial score (nSPS) is 20.4. The summed E-state index contributed by atoms with van der Waals surface area (Å²) < 4.78 is 0.760. The molecule has 5 heteroatoms. The molecule has 0 spiro atoms. The standard InChI is InChI=1S/C12H13BrINO2/c13-9-2-1-5-15(7-9)12(17)8-3-4-10(14)11(16)6-8/h3-4,6,9,16H,1-2,5,7H2. The summed E-state index contributed by atoms with van der Waals surface area (Å²) >= 11 is 5.59. The summed E-state index contributed by atoms with van der Waals surface area (Å²) in [4.78, 5) is 14.4. The van der Waals surface area contributed by atoms with Crippen LogP contribution in [0.2, 0.25) is 0 Å². The van der Waals surface area contributed by atoms with Gasteiger partial charge in [-0.25, -0.2) is 0 Å². The number of halogens is 2. The number of phenols is 1. The Labute approximate surface area is 122 Å². The number of rotatable bonds is 1. The Morgan fingerprint density at radius 3 is 2.94 bits per heavy atom. The minimum absolute atomic E-state index is 0.000787. The number of alkyl halides is 1. The second kappa shape index (κ2) is 5.56. The highest BCUT2D eigenvalue weighted by molar-refractivity contribution is 14.1. The lowest BCUT2D eigenvalue weighted by Gasteiger charge is -2.30. The Morgan fingerprint density at radius 2 is 2.29 bits per heavy atom. The van der Waals surface area contributed by atoms with Gasteiger partial charge in [-0.15, -0.1) is 0 Å². The first kappa shape index (κ1) is 13.1. The van der Waals surface area contributed by atoms with E-state index in [9.17, 15) is 9.90 Å². The van der Waals surface area contributed by atoms with E-state index in [1.54, 1.807) is 18.2 Å². The molecule has 0 bridgehead atoms. The Hall–Kier alpha value is -0.300. The summed E-state index contributed by atoms with van der Waals surface area (Å²) in [6.45, 7) is 1.54. The molecule has 1 fully saturated rings. The third-order valence-corrected chi connectivity index (χ3v) is 4.50. The lowest BCUT2D eigenvalue weighted by Crippen LogP contribution is -2.40. The first-order valence-electron chi connectivity index (χ1n) is 5.50. The van der Waals surface area contributed by atoms with Crippen LogP contribution in [-0.4, -0.2) is 33.8 Å². The van der Waals surface area contributed by atoms with Crippen LogP contribution in [-0.2, 0) is 0 Å². The van der Waals surface area contributed by atoms with Crippen LogP contribution in [0.15, 0.2) is 18.2 Å². The number of likely N-dealkylation sites (tertiary alicyclic amines) is 1.